The maximum atomic E-state index is 12.5. The van der Waals surface area contributed by atoms with Crippen molar-refractivity contribution in [2.24, 2.45) is 0 Å². The first kappa shape index (κ1) is 17.5. The molecule has 27 heavy (non-hydrogen) atoms. The van der Waals surface area contributed by atoms with Crippen LogP contribution in [0.3, 0.4) is 0 Å². The number of carbonyl (C=O) groups excluding carboxylic acids is 1. The van der Waals surface area contributed by atoms with Crippen LogP contribution in [0.2, 0.25) is 0 Å². The number of methoxy groups -OCH3 is 1. The van der Waals surface area contributed by atoms with E-state index in [0.717, 1.165) is 41.5 Å². The summed E-state index contributed by atoms with van der Waals surface area (Å²) in [6.07, 6.45) is 3.90. The lowest BCUT2D eigenvalue weighted by Crippen LogP contribution is -2.23. The van der Waals surface area contributed by atoms with Gasteiger partial charge in [-0.3, -0.25) is 4.79 Å². The molecule has 1 fully saturated rings. The highest BCUT2D eigenvalue weighted by Gasteiger charge is 2.18. The van der Waals surface area contributed by atoms with Crippen molar-refractivity contribution in [3.8, 4) is 5.75 Å². The second kappa shape index (κ2) is 7.75. The summed E-state index contributed by atoms with van der Waals surface area (Å²) in [4.78, 5) is 12.5. The molecule has 3 aromatic rings. The maximum absolute atomic E-state index is 12.5. The molecule has 1 amide bonds. The highest BCUT2D eigenvalue weighted by molar-refractivity contribution is 5.93. The Morgan fingerprint density at radius 2 is 2.22 bits per heavy atom. The second-order valence-corrected chi connectivity index (χ2v) is 6.61. The van der Waals surface area contributed by atoms with Crippen LogP contribution in [0.15, 0.2) is 42.6 Å². The van der Waals surface area contributed by atoms with Gasteiger partial charge in [-0.2, -0.15) is 0 Å². The third-order valence-corrected chi connectivity index (χ3v) is 4.83. The number of rotatable bonds is 6. The van der Waals surface area contributed by atoms with Crippen molar-refractivity contribution in [1.82, 2.24) is 20.3 Å². The molecule has 1 atom stereocenters. The topological polar surface area (TPSA) is 78.3 Å². The van der Waals surface area contributed by atoms with Gasteiger partial charge in [-0.1, -0.05) is 35.5 Å². The van der Waals surface area contributed by atoms with Crippen LogP contribution in [0.5, 0.6) is 5.75 Å². The highest BCUT2D eigenvalue weighted by atomic mass is 16.5. The molecule has 7 heteroatoms. The first-order valence-corrected chi connectivity index (χ1v) is 9.09. The van der Waals surface area contributed by atoms with Crippen LogP contribution in [-0.2, 0) is 17.8 Å². The highest BCUT2D eigenvalue weighted by Crippen LogP contribution is 2.27. The lowest BCUT2D eigenvalue weighted by atomic mass is 10.0. The van der Waals surface area contributed by atoms with E-state index in [1.54, 1.807) is 18.0 Å². The van der Waals surface area contributed by atoms with Crippen molar-refractivity contribution in [3.05, 3.63) is 53.9 Å². The lowest BCUT2D eigenvalue weighted by molar-refractivity contribution is 0.0929. The van der Waals surface area contributed by atoms with Gasteiger partial charge in [-0.05, 0) is 29.7 Å². The summed E-state index contributed by atoms with van der Waals surface area (Å²) in [7, 11) is 1.63. The Balaban J connectivity index is 1.46. The third kappa shape index (κ3) is 3.78. The molecule has 4 rings (SSSR count). The van der Waals surface area contributed by atoms with Crippen LogP contribution in [0.4, 0.5) is 0 Å². The Labute approximate surface area is 157 Å². The fourth-order valence-corrected chi connectivity index (χ4v) is 3.44. The summed E-state index contributed by atoms with van der Waals surface area (Å²) >= 11 is 0. The lowest BCUT2D eigenvalue weighted by Gasteiger charge is -2.12. The predicted molar refractivity (Wildman–Crippen MR) is 101 cm³/mol. The number of benzene rings is 2. The number of ether oxygens (including phenoxy) is 2. The number of amides is 1. The van der Waals surface area contributed by atoms with Crippen molar-refractivity contribution < 1.29 is 14.3 Å². The minimum atomic E-state index is -0.261. The van der Waals surface area contributed by atoms with Crippen molar-refractivity contribution in [1.29, 1.82) is 0 Å². The molecular weight excluding hydrogens is 344 g/mol. The molecular formula is C20H22N4O3. The summed E-state index contributed by atoms with van der Waals surface area (Å²) < 4.78 is 12.7. The molecule has 0 aliphatic carbocycles. The standard InChI is InChI=1S/C20H22N4O3/c1-26-19-9-8-14-5-2-3-7-16(14)17(19)11-21-20(25)18-13-24(23-22-18)12-15-6-4-10-27-15/h2-3,5,7-9,13,15H,4,6,10-12H2,1H3,(H,21,25). The molecule has 1 N–H and O–H groups in total. The van der Waals surface area contributed by atoms with E-state index < -0.39 is 0 Å². The number of carbonyl (C=O) groups is 1. The second-order valence-electron chi connectivity index (χ2n) is 6.61. The van der Waals surface area contributed by atoms with Crippen molar-refractivity contribution >= 4 is 16.7 Å². The SMILES string of the molecule is COc1ccc2ccccc2c1CNC(=O)c1cn(CC2CCCO2)nn1. The molecule has 0 bridgehead atoms. The molecule has 7 nitrogen and oxygen atoms in total. The van der Waals surface area contributed by atoms with Crippen LogP contribution >= 0.6 is 0 Å². The van der Waals surface area contributed by atoms with Crippen LogP contribution < -0.4 is 10.1 Å². The smallest absolute Gasteiger partial charge is 0.273 e. The average Bonchev–Trinajstić information content (AvgIpc) is 3.38. The minimum absolute atomic E-state index is 0.155. The molecule has 1 saturated heterocycles. The van der Waals surface area contributed by atoms with Gasteiger partial charge >= 0.3 is 0 Å². The Morgan fingerprint density at radius 1 is 1.33 bits per heavy atom. The zero-order valence-electron chi connectivity index (χ0n) is 15.2. The van der Waals surface area contributed by atoms with Gasteiger partial charge < -0.3 is 14.8 Å². The zero-order valence-corrected chi connectivity index (χ0v) is 15.2. The Kier molecular flexibility index (Phi) is 5.02. The van der Waals surface area contributed by atoms with Gasteiger partial charge in [0.2, 0.25) is 0 Å². The summed E-state index contributed by atoms with van der Waals surface area (Å²) in [5.74, 6) is 0.486. The van der Waals surface area contributed by atoms with Gasteiger partial charge in [0, 0.05) is 18.7 Å². The Hall–Kier alpha value is -2.93. The minimum Gasteiger partial charge on any atom is -0.496 e. The van der Waals surface area contributed by atoms with Gasteiger partial charge in [0.25, 0.3) is 5.91 Å². The van der Waals surface area contributed by atoms with Crippen molar-refractivity contribution in [3.63, 3.8) is 0 Å². The fourth-order valence-electron chi connectivity index (χ4n) is 3.44. The van der Waals surface area contributed by atoms with E-state index in [1.807, 2.05) is 36.4 Å². The van der Waals surface area contributed by atoms with Gasteiger partial charge in [0.05, 0.1) is 26.0 Å². The van der Waals surface area contributed by atoms with Crippen molar-refractivity contribution in [2.45, 2.75) is 32.0 Å². The van der Waals surface area contributed by atoms with Gasteiger partial charge in [0.15, 0.2) is 5.69 Å². The molecule has 1 aliphatic rings. The summed E-state index contributed by atoms with van der Waals surface area (Å²) in [6, 6.07) is 12.0. The van der Waals surface area contributed by atoms with Gasteiger partial charge in [-0.25, -0.2) is 4.68 Å². The van der Waals surface area contributed by atoms with Crippen LogP contribution in [0.25, 0.3) is 10.8 Å². The Morgan fingerprint density at radius 3 is 3.04 bits per heavy atom. The molecule has 0 spiro atoms. The molecule has 1 aromatic heterocycles. The van der Waals surface area contributed by atoms with E-state index in [0.29, 0.717) is 18.8 Å². The van der Waals surface area contributed by atoms with Crippen LogP contribution in [0.1, 0.15) is 28.9 Å². The maximum Gasteiger partial charge on any atom is 0.273 e. The van der Waals surface area contributed by atoms with E-state index >= 15 is 0 Å². The monoisotopic (exact) mass is 366 g/mol. The van der Waals surface area contributed by atoms with Gasteiger partial charge in [0.1, 0.15) is 5.75 Å². The molecule has 2 aromatic carbocycles. The number of nitrogens with one attached hydrogen (secondary N) is 1. The molecule has 0 saturated carbocycles. The summed E-state index contributed by atoms with van der Waals surface area (Å²) in [5, 5.41) is 13.1. The quantitative estimate of drug-likeness (QED) is 0.725. The molecule has 1 aliphatic heterocycles. The number of fused-ring (bicyclic) bond motifs is 1. The van der Waals surface area contributed by atoms with Gasteiger partial charge in [-0.15, -0.1) is 5.10 Å². The number of hydrogen-bond acceptors (Lipinski definition) is 5. The molecule has 0 radical (unpaired) electrons. The first-order chi connectivity index (χ1) is 13.2. The normalized spacial score (nSPS) is 16.6. The van der Waals surface area contributed by atoms with Crippen LogP contribution in [-0.4, -0.2) is 40.7 Å². The predicted octanol–water partition coefficient (Wildman–Crippen LogP) is 2.55. The van der Waals surface area contributed by atoms with E-state index in [2.05, 4.69) is 15.6 Å². The fraction of sp³-hybridized carbons (Fsp3) is 0.350. The average molecular weight is 366 g/mol. The van der Waals surface area contributed by atoms with E-state index in [-0.39, 0.29) is 12.0 Å². The number of hydrogen-bond donors (Lipinski definition) is 1. The largest absolute Gasteiger partial charge is 0.496 e. The van der Waals surface area contributed by atoms with Crippen molar-refractivity contribution in [2.75, 3.05) is 13.7 Å². The zero-order chi connectivity index (χ0) is 18.6. The van der Waals surface area contributed by atoms with E-state index in [9.17, 15) is 4.79 Å². The number of nitrogens with zero attached hydrogens (tertiary/aromatic N) is 3. The third-order valence-electron chi connectivity index (χ3n) is 4.83. The molecule has 2 heterocycles. The van der Waals surface area contributed by atoms with E-state index in [4.69, 9.17) is 9.47 Å². The Bertz CT molecular complexity index is 947. The first-order valence-electron chi connectivity index (χ1n) is 9.09. The summed E-state index contributed by atoms with van der Waals surface area (Å²) in [6.45, 7) is 1.76. The van der Waals surface area contributed by atoms with E-state index in [1.165, 1.54) is 0 Å². The summed E-state index contributed by atoms with van der Waals surface area (Å²) in [5.41, 5.74) is 1.24. The number of aromatic nitrogens is 3. The van der Waals surface area contributed by atoms with Crippen LogP contribution in [0, 0.1) is 0 Å². The molecule has 1 unspecified atom stereocenters. The molecule has 140 valence electrons.